The van der Waals surface area contributed by atoms with Gasteiger partial charge in [-0.3, -0.25) is 14.4 Å². The van der Waals surface area contributed by atoms with E-state index in [1.165, 1.54) is 11.8 Å². The van der Waals surface area contributed by atoms with Gasteiger partial charge in [0.2, 0.25) is 0 Å². The van der Waals surface area contributed by atoms with Crippen LogP contribution in [0.3, 0.4) is 0 Å². The molecule has 120 valence electrons. The molecule has 0 bridgehead atoms. The summed E-state index contributed by atoms with van der Waals surface area (Å²) in [6.07, 6.45) is -0.545. The van der Waals surface area contributed by atoms with Crippen molar-refractivity contribution in [1.29, 1.82) is 0 Å². The lowest BCUT2D eigenvalue weighted by Gasteiger charge is -2.00. The van der Waals surface area contributed by atoms with Crippen molar-refractivity contribution in [3.8, 4) is 0 Å². The Hall–Kier alpha value is -1.64. The van der Waals surface area contributed by atoms with E-state index in [9.17, 15) is 14.4 Å². The van der Waals surface area contributed by atoms with Gasteiger partial charge in [-0.2, -0.15) is 0 Å². The maximum absolute atomic E-state index is 10.3. The summed E-state index contributed by atoms with van der Waals surface area (Å²) in [6, 6.07) is 9.40. The van der Waals surface area contributed by atoms with Crippen molar-refractivity contribution in [2.75, 3.05) is 5.75 Å². The summed E-state index contributed by atoms with van der Waals surface area (Å²) >= 11 is 11.2. The number of carboxylic acid groups (broad SMARTS) is 3. The third kappa shape index (κ3) is 10.1. The Morgan fingerprint density at radius 2 is 1.64 bits per heavy atom. The van der Waals surface area contributed by atoms with Crippen LogP contribution >= 0.6 is 35.6 Å². The molecule has 0 saturated carbocycles. The number of rotatable bonds is 6. The quantitative estimate of drug-likeness (QED) is 0.521. The van der Waals surface area contributed by atoms with Crippen LogP contribution in [0.2, 0.25) is 0 Å². The standard InChI is InChI=1S/C9H8O2S2.C4H5ClO4/c10-8(11)6-13-9(12)7-4-2-1-3-5-7;5-2(4(8)9)1-3(6)7/h1-5H,6H2,(H,10,11);2H,1H2,(H,6,7)(H,8,9)/t;2-/m.0/s1. The molecule has 0 aliphatic rings. The second-order valence-corrected chi connectivity index (χ2v) is 5.92. The van der Waals surface area contributed by atoms with Crippen molar-refractivity contribution >= 4 is 57.7 Å². The maximum Gasteiger partial charge on any atom is 0.322 e. The molecule has 0 fully saturated rings. The van der Waals surface area contributed by atoms with Gasteiger partial charge < -0.3 is 15.3 Å². The van der Waals surface area contributed by atoms with Crippen LogP contribution in [0.5, 0.6) is 0 Å². The minimum atomic E-state index is -1.32. The molecule has 1 aromatic rings. The molecule has 0 radical (unpaired) electrons. The Morgan fingerprint density at radius 1 is 1.09 bits per heavy atom. The molecule has 0 amide bonds. The summed E-state index contributed by atoms with van der Waals surface area (Å²) in [5.41, 5.74) is 0.906. The van der Waals surface area contributed by atoms with Crippen LogP contribution in [0, 0.1) is 0 Å². The largest absolute Gasteiger partial charge is 0.481 e. The van der Waals surface area contributed by atoms with E-state index < -0.39 is 29.7 Å². The van der Waals surface area contributed by atoms with Crippen molar-refractivity contribution in [1.82, 2.24) is 0 Å². The van der Waals surface area contributed by atoms with Crippen LogP contribution in [0.15, 0.2) is 30.3 Å². The Morgan fingerprint density at radius 3 is 2.00 bits per heavy atom. The van der Waals surface area contributed by atoms with Gasteiger partial charge in [0.15, 0.2) is 0 Å². The first kappa shape index (κ1) is 20.4. The van der Waals surface area contributed by atoms with E-state index in [0.717, 1.165) is 5.56 Å². The summed E-state index contributed by atoms with van der Waals surface area (Å²) in [4.78, 5) is 29.9. The van der Waals surface area contributed by atoms with Gasteiger partial charge in [-0.15, -0.1) is 23.4 Å². The van der Waals surface area contributed by atoms with Crippen LogP contribution in [-0.4, -0.2) is 48.6 Å². The molecule has 3 N–H and O–H groups in total. The van der Waals surface area contributed by atoms with Crippen molar-refractivity contribution in [3.63, 3.8) is 0 Å². The second-order valence-electron chi connectivity index (χ2n) is 3.74. The summed E-state index contributed by atoms with van der Waals surface area (Å²) in [6.45, 7) is 0. The number of halogens is 1. The average Bonchev–Trinajstić information content (AvgIpc) is 2.45. The topological polar surface area (TPSA) is 112 Å². The first-order valence-electron chi connectivity index (χ1n) is 5.76. The zero-order chi connectivity index (χ0) is 17.1. The SMILES string of the molecule is O=C(O)CSC(=S)c1ccccc1.O=C(O)C[C@H](Cl)C(=O)O. The predicted molar refractivity (Wildman–Crippen MR) is 87.8 cm³/mol. The summed E-state index contributed by atoms with van der Waals surface area (Å²) in [5, 5.41) is 23.1. The van der Waals surface area contributed by atoms with E-state index in [1.807, 2.05) is 30.3 Å². The monoisotopic (exact) mass is 364 g/mol. The summed E-state index contributed by atoms with van der Waals surface area (Å²) < 4.78 is 0.628. The van der Waals surface area contributed by atoms with Gasteiger partial charge in [-0.05, 0) is 5.56 Å². The van der Waals surface area contributed by atoms with Crippen molar-refractivity contribution < 1.29 is 29.7 Å². The Kier molecular flexibility index (Phi) is 10.2. The van der Waals surface area contributed by atoms with Crippen molar-refractivity contribution in [3.05, 3.63) is 35.9 Å². The number of aliphatic carboxylic acids is 3. The van der Waals surface area contributed by atoms with Gasteiger partial charge in [0, 0.05) is 0 Å². The first-order chi connectivity index (χ1) is 10.2. The van der Waals surface area contributed by atoms with Gasteiger partial charge >= 0.3 is 17.9 Å². The zero-order valence-electron chi connectivity index (χ0n) is 11.1. The van der Waals surface area contributed by atoms with Crippen LogP contribution in [0.4, 0.5) is 0 Å². The number of alkyl halides is 1. The fraction of sp³-hybridized carbons (Fsp3) is 0.231. The molecular weight excluding hydrogens is 352 g/mol. The lowest BCUT2D eigenvalue weighted by atomic mass is 10.2. The number of benzene rings is 1. The summed E-state index contributed by atoms with van der Waals surface area (Å²) in [5.74, 6) is -3.34. The minimum absolute atomic E-state index is 0.0216. The molecule has 22 heavy (non-hydrogen) atoms. The smallest absolute Gasteiger partial charge is 0.322 e. The average molecular weight is 365 g/mol. The van der Waals surface area contributed by atoms with Gasteiger partial charge in [-0.1, -0.05) is 42.5 Å². The number of hydrogen-bond acceptors (Lipinski definition) is 5. The number of hydrogen-bond donors (Lipinski definition) is 3. The highest BCUT2D eigenvalue weighted by Gasteiger charge is 2.16. The fourth-order valence-corrected chi connectivity index (χ4v) is 2.03. The van der Waals surface area contributed by atoms with E-state index in [4.69, 9.17) is 39.1 Å². The molecule has 0 spiro atoms. The molecular formula is C13H13ClO6S2. The molecule has 6 nitrogen and oxygen atoms in total. The predicted octanol–water partition coefficient (Wildman–Crippen LogP) is 2.33. The van der Waals surface area contributed by atoms with Crippen molar-refractivity contribution in [2.24, 2.45) is 0 Å². The van der Waals surface area contributed by atoms with Crippen LogP contribution in [0.25, 0.3) is 0 Å². The van der Waals surface area contributed by atoms with Gasteiger partial charge in [-0.25, -0.2) is 0 Å². The molecule has 1 rings (SSSR count). The highest BCUT2D eigenvalue weighted by atomic mass is 35.5. The molecule has 0 heterocycles. The number of thiocarbonyl (C=S) groups is 1. The lowest BCUT2D eigenvalue weighted by Crippen LogP contribution is -2.17. The maximum atomic E-state index is 10.3. The van der Waals surface area contributed by atoms with E-state index in [0.29, 0.717) is 4.20 Å². The highest BCUT2D eigenvalue weighted by molar-refractivity contribution is 8.24. The Labute approximate surface area is 141 Å². The van der Waals surface area contributed by atoms with Gasteiger partial charge in [0.05, 0.1) is 16.4 Å². The molecule has 0 aliphatic carbocycles. The molecule has 9 heteroatoms. The third-order valence-corrected chi connectivity index (χ3v) is 3.78. The minimum Gasteiger partial charge on any atom is -0.481 e. The number of thioether (sulfide) groups is 1. The molecule has 1 aromatic carbocycles. The Bertz CT molecular complexity index is 535. The van der Waals surface area contributed by atoms with Crippen LogP contribution < -0.4 is 0 Å². The van der Waals surface area contributed by atoms with Crippen LogP contribution in [0.1, 0.15) is 12.0 Å². The first-order valence-corrected chi connectivity index (χ1v) is 7.59. The van der Waals surface area contributed by atoms with E-state index in [2.05, 4.69) is 0 Å². The van der Waals surface area contributed by atoms with Crippen molar-refractivity contribution in [2.45, 2.75) is 11.8 Å². The molecule has 0 aliphatic heterocycles. The van der Waals surface area contributed by atoms with E-state index >= 15 is 0 Å². The van der Waals surface area contributed by atoms with E-state index in [1.54, 1.807) is 0 Å². The third-order valence-electron chi connectivity index (χ3n) is 1.96. The fourth-order valence-electron chi connectivity index (χ4n) is 1.03. The van der Waals surface area contributed by atoms with E-state index in [-0.39, 0.29) is 5.75 Å². The zero-order valence-corrected chi connectivity index (χ0v) is 13.5. The van der Waals surface area contributed by atoms with Gasteiger partial charge in [0.1, 0.15) is 5.38 Å². The molecule has 0 unspecified atom stereocenters. The summed E-state index contributed by atoms with van der Waals surface area (Å²) in [7, 11) is 0. The number of carboxylic acids is 3. The van der Waals surface area contributed by atoms with Crippen LogP contribution in [-0.2, 0) is 14.4 Å². The molecule has 1 atom stereocenters. The molecule has 0 saturated heterocycles. The van der Waals surface area contributed by atoms with Gasteiger partial charge in [0.25, 0.3) is 0 Å². The second kappa shape index (κ2) is 11.0. The normalized spacial score (nSPS) is 10.8. The Balaban J connectivity index is 0.000000433. The highest BCUT2D eigenvalue weighted by Crippen LogP contribution is 2.13. The number of carbonyl (C=O) groups is 3. The lowest BCUT2D eigenvalue weighted by molar-refractivity contribution is -0.143. The molecule has 0 aromatic heterocycles.